The molecule has 0 saturated carbocycles. The number of fused-ring (bicyclic) bond motifs is 2. The highest BCUT2D eigenvalue weighted by Crippen LogP contribution is 2.30. The van der Waals surface area contributed by atoms with E-state index in [1.54, 1.807) is 48.7 Å². The Labute approximate surface area is 336 Å². The first-order chi connectivity index (χ1) is 27.6. The average molecular weight is 822 g/mol. The fourth-order valence-corrected chi connectivity index (χ4v) is 7.51. The van der Waals surface area contributed by atoms with Crippen molar-refractivity contribution in [1.82, 2.24) is 49.7 Å². The second-order valence-electron chi connectivity index (χ2n) is 13.7. The van der Waals surface area contributed by atoms with Crippen LogP contribution in [0.1, 0.15) is 45.4 Å². The lowest BCUT2D eigenvalue weighted by Crippen LogP contribution is -2.47. The number of carbonyl (C=O) groups excluding carboxylic acids is 2. The number of piperidine rings is 2. The molecular formula is C38H40Cl2F2N12O3. The molecule has 8 heterocycles. The fourth-order valence-electron chi connectivity index (χ4n) is 7.19. The SMILES string of the molecule is CC(=O)N1CCCCC1CNc1nc(-c2c[nH]c3ncc(Cl)cc23)ncc1F.COC(=O)N1CCCCC1CNc1nc(-c2c[nH]c3ncc(Cl)cc23)ncc1F. The van der Waals surface area contributed by atoms with Gasteiger partial charge in [-0.15, -0.1) is 0 Å². The van der Waals surface area contributed by atoms with Crippen LogP contribution in [0.4, 0.5) is 25.2 Å². The molecule has 4 N–H and O–H groups in total. The van der Waals surface area contributed by atoms with E-state index in [-0.39, 0.29) is 35.7 Å². The van der Waals surface area contributed by atoms with Crippen molar-refractivity contribution >= 4 is 68.9 Å². The van der Waals surface area contributed by atoms with E-state index in [2.05, 4.69) is 50.5 Å². The number of methoxy groups -OCH3 is 1. The minimum Gasteiger partial charge on any atom is -0.453 e. The summed E-state index contributed by atoms with van der Waals surface area (Å²) >= 11 is 12.1. The molecule has 6 aromatic rings. The number of nitrogens with zero attached hydrogens (tertiary/aromatic N) is 8. The van der Waals surface area contributed by atoms with Crippen LogP contribution in [0.15, 0.2) is 49.3 Å². The van der Waals surface area contributed by atoms with E-state index in [0.29, 0.717) is 63.7 Å². The number of aromatic nitrogens is 8. The van der Waals surface area contributed by atoms with Crippen LogP contribution < -0.4 is 10.6 Å². The number of anilines is 2. The third kappa shape index (κ3) is 8.99. The van der Waals surface area contributed by atoms with Crippen LogP contribution in [0, 0.1) is 11.6 Å². The molecule has 0 aliphatic carbocycles. The van der Waals surface area contributed by atoms with Crippen LogP contribution in [-0.2, 0) is 9.53 Å². The lowest BCUT2D eigenvalue weighted by molar-refractivity contribution is -0.132. The lowest BCUT2D eigenvalue weighted by atomic mass is 10.0. The first-order valence-corrected chi connectivity index (χ1v) is 19.3. The Balaban J connectivity index is 0.000000174. The van der Waals surface area contributed by atoms with Crippen molar-refractivity contribution < 1.29 is 23.1 Å². The van der Waals surface area contributed by atoms with Gasteiger partial charge in [-0.25, -0.2) is 43.5 Å². The van der Waals surface area contributed by atoms with E-state index in [4.69, 9.17) is 27.9 Å². The Morgan fingerprint density at radius 2 is 1.23 bits per heavy atom. The first-order valence-electron chi connectivity index (χ1n) is 18.5. The highest BCUT2D eigenvalue weighted by molar-refractivity contribution is 6.31. The third-order valence-corrected chi connectivity index (χ3v) is 10.5. The van der Waals surface area contributed by atoms with Gasteiger partial charge < -0.3 is 35.1 Å². The number of carbonyl (C=O) groups is 2. The van der Waals surface area contributed by atoms with Gasteiger partial charge in [0, 0.05) is 85.8 Å². The molecule has 2 amide bonds. The minimum absolute atomic E-state index is 0.0279. The van der Waals surface area contributed by atoms with Gasteiger partial charge in [0.05, 0.1) is 35.6 Å². The maximum atomic E-state index is 14.3. The predicted molar refractivity (Wildman–Crippen MR) is 213 cm³/mol. The van der Waals surface area contributed by atoms with Gasteiger partial charge in [-0.05, 0) is 50.7 Å². The molecule has 2 unspecified atom stereocenters. The third-order valence-electron chi connectivity index (χ3n) is 10.0. The molecule has 2 atom stereocenters. The standard InChI is InChI=1S/C19H20ClFN6O2.C19H20ClFN6O/c1-29-19(28)27-5-3-2-4-12(27)8-23-18-15(21)10-25-17(26-18)14-9-24-16-13(14)6-11(20)7-22-16;1-11(28)27-5-3-2-4-13(27)8-23-19-16(21)10-25-18(26-19)15-9-24-17-14(15)6-12(20)7-22-17/h6-7,9-10,12H,2-5,8H2,1H3,(H,22,24)(H,23,25,26);6-7,9-10,13H,2-5,8H2,1H3,(H,22,24)(H,23,25,26). The summed E-state index contributed by atoms with van der Waals surface area (Å²) < 4.78 is 33.5. The average Bonchev–Trinajstić information content (AvgIpc) is 3.84. The Bertz CT molecular complexity index is 2390. The molecule has 0 radical (unpaired) electrons. The van der Waals surface area contributed by atoms with Gasteiger partial charge in [-0.3, -0.25) is 4.79 Å². The topological polar surface area (TPSA) is 183 Å². The van der Waals surface area contributed by atoms with E-state index in [9.17, 15) is 18.4 Å². The largest absolute Gasteiger partial charge is 0.453 e. The molecule has 6 aromatic heterocycles. The summed E-state index contributed by atoms with van der Waals surface area (Å²) in [7, 11) is 1.36. The van der Waals surface area contributed by atoms with Crippen LogP contribution in [0.2, 0.25) is 10.0 Å². The first kappa shape index (κ1) is 39.6. The number of rotatable bonds is 8. The Morgan fingerprint density at radius 3 is 1.70 bits per heavy atom. The van der Waals surface area contributed by atoms with Crippen molar-refractivity contribution in [1.29, 1.82) is 0 Å². The Morgan fingerprint density at radius 1 is 0.754 bits per heavy atom. The number of nitrogens with one attached hydrogen (secondary N) is 4. The van der Waals surface area contributed by atoms with Gasteiger partial charge in [0.1, 0.15) is 11.3 Å². The number of hydrogen-bond donors (Lipinski definition) is 4. The number of aromatic amines is 2. The van der Waals surface area contributed by atoms with Crippen LogP contribution in [0.3, 0.4) is 0 Å². The van der Waals surface area contributed by atoms with Crippen molar-refractivity contribution in [3.63, 3.8) is 0 Å². The molecule has 15 nitrogen and oxygen atoms in total. The summed E-state index contributed by atoms with van der Waals surface area (Å²) in [5.74, 6) is -0.157. The predicted octanol–water partition coefficient (Wildman–Crippen LogP) is 7.47. The van der Waals surface area contributed by atoms with Crippen molar-refractivity contribution in [3.8, 4) is 22.8 Å². The van der Waals surface area contributed by atoms with Crippen molar-refractivity contribution in [2.45, 2.75) is 57.5 Å². The van der Waals surface area contributed by atoms with Gasteiger partial charge in [0.25, 0.3) is 0 Å². The molecule has 2 fully saturated rings. The lowest BCUT2D eigenvalue weighted by Gasteiger charge is -2.35. The van der Waals surface area contributed by atoms with Gasteiger partial charge in [0.15, 0.2) is 34.9 Å². The maximum Gasteiger partial charge on any atom is 0.409 e. The zero-order valence-corrected chi connectivity index (χ0v) is 32.7. The second kappa shape index (κ2) is 17.6. The Hall–Kier alpha value is -5.68. The van der Waals surface area contributed by atoms with Gasteiger partial charge in [-0.1, -0.05) is 23.2 Å². The quantitative estimate of drug-likeness (QED) is 0.120. The number of H-pyrrole nitrogens is 2. The summed E-state index contributed by atoms with van der Waals surface area (Å²) in [5.41, 5.74) is 2.66. The van der Waals surface area contributed by atoms with Crippen LogP contribution in [-0.4, -0.2) is 107 Å². The number of halogens is 4. The second-order valence-corrected chi connectivity index (χ2v) is 14.6. The highest BCUT2D eigenvalue weighted by atomic mass is 35.5. The van der Waals surface area contributed by atoms with E-state index in [1.165, 1.54) is 7.11 Å². The number of likely N-dealkylation sites (tertiary alicyclic amines) is 2. The number of hydrogen-bond acceptors (Lipinski definition) is 11. The number of ether oxygens (including phenoxy) is 1. The molecule has 2 aliphatic rings. The van der Waals surface area contributed by atoms with E-state index < -0.39 is 11.6 Å². The molecule has 57 heavy (non-hydrogen) atoms. The molecular weight excluding hydrogens is 781 g/mol. The normalized spacial score (nSPS) is 16.9. The van der Waals surface area contributed by atoms with E-state index in [0.717, 1.165) is 68.2 Å². The summed E-state index contributed by atoms with van der Waals surface area (Å²) in [6.45, 7) is 3.73. The molecule has 8 rings (SSSR count). The van der Waals surface area contributed by atoms with Crippen molar-refractivity contribution in [3.05, 3.63) is 71.0 Å². The zero-order chi connectivity index (χ0) is 40.1. The van der Waals surface area contributed by atoms with Gasteiger partial charge >= 0.3 is 6.09 Å². The molecule has 0 bridgehead atoms. The molecule has 0 aromatic carbocycles. The maximum absolute atomic E-state index is 14.3. The van der Waals surface area contributed by atoms with Crippen LogP contribution in [0.5, 0.6) is 0 Å². The van der Waals surface area contributed by atoms with Crippen LogP contribution in [0.25, 0.3) is 44.8 Å². The summed E-state index contributed by atoms with van der Waals surface area (Å²) in [6.07, 6.45) is 14.1. The molecule has 2 saturated heterocycles. The summed E-state index contributed by atoms with van der Waals surface area (Å²) in [6, 6.07) is 3.46. The highest BCUT2D eigenvalue weighted by Gasteiger charge is 2.28. The minimum atomic E-state index is -0.565. The fraction of sp³-hybridized carbons (Fsp3) is 0.368. The van der Waals surface area contributed by atoms with Crippen molar-refractivity contribution in [2.75, 3.05) is 43.9 Å². The summed E-state index contributed by atoms with van der Waals surface area (Å²) in [5, 5.41) is 8.58. The monoisotopic (exact) mass is 820 g/mol. The van der Waals surface area contributed by atoms with Crippen molar-refractivity contribution in [2.24, 2.45) is 0 Å². The number of pyridine rings is 2. The van der Waals surface area contributed by atoms with E-state index in [1.807, 2.05) is 4.90 Å². The van der Waals surface area contributed by atoms with Gasteiger partial charge in [0.2, 0.25) is 5.91 Å². The number of amides is 2. The zero-order valence-electron chi connectivity index (χ0n) is 31.2. The molecule has 0 spiro atoms. The smallest absolute Gasteiger partial charge is 0.409 e. The van der Waals surface area contributed by atoms with E-state index >= 15 is 0 Å². The van der Waals surface area contributed by atoms with Gasteiger partial charge in [-0.2, -0.15) is 0 Å². The molecule has 19 heteroatoms. The summed E-state index contributed by atoms with van der Waals surface area (Å²) in [4.78, 5) is 58.8. The molecule has 2 aliphatic heterocycles. The Kier molecular flexibility index (Phi) is 12.2. The van der Waals surface area contributed by atoms with Crippen LogP contribution >= 0.6 is 23.2 Å². The molecule has 298 valence electrons.